The van der Waals surface area contributed by atoms with E-state index in [2.05, 4.69) is 28.7 Å². The van der Waals surface area contributed by atoms with Crippen LogP contribution in [0.1, 0.15) is 33.1 Å². The van der Waals surface area contributed by atoms with E-state index >= 15 is 0 Å². The summed E-state index contributed by atoms with van der Waals surface area (Å²) in [6.45, 7) is 6.67. The Labute approximate surface area is 80.2 Å². The SMILES string of the molecule is CCCCN(CCC)c1cnc[nH]1. The molecule has 74 valence electrons. The lowest BCUT2D eigenvalue weighted by Crippen LogP contribution is -2.25. The molecule has 1 aromatic rings. The van der Waals surface area contributed by atoms with Crippen LogP contribution < -0.4 is 4.90 Å². The summed E-state index contributed by atoms with van der Waals surface area (Å²) in [5.74, 6) is 1.15. The molecule has 1 N–H and O–H groups in total. The van der Waals surface area contributed by atoms with Crippen molar-refractivity contribution in [1.82, 2.24) is 9.97 Å². The van der Waals surface area contributed by atoms with Crippen LogP contribution in [0.25, 0.3) is 0 Å². The molecule has 0 aromatic carbocycles. The quantitative estimate of drug-likeness (QED) is 0.731. The Kier molecular flexibility index (Phi) is 4.36. The van der Waals surface area contributed by atoms with Crippen LogP contribution in [-0.2, 0) is 0 Å². The van der Waals surface area contributed by atoms with Crippen LogP contribution in [0.2, 0.25) is 0 Å². The van der Waals surface area contributed by atoms with E-state index in [9.17, 15) is 0 Å². The van der Waals surface area contributed by atoms with Crippen LogP contribution in [0, 0.1) is 0 Å². The molecule has 0 atom stereocenters. The molecule has 1 aromatic heterocycles. The number of nitrogens with zero attached hydrogens (tertiary/aromatic N) is 2. The van der Waals surface area contributed by atoms with E-state index in [1.165, 1.54) is 19.3 Å². The first kappa shape index (κ1) is 10.1. The molecule has 0 unspecified atom stereocenters. The van der Waals surface area contributed by atoms with Gasteiger partial charge in [-0.05, 0) is 12.8 Å². The lowest BCUT2D eigenvalue weighted by Gasteiger charge is -2.21. The largest absolute Gasteiger partial charge is 0.357 e. The number of H-pyrrole nitrogens is 1. The number of imidazole rings is 1. The number of aromatic nitrogens is 2. The van der Waals surface area contributed by atoms with Gasteiger partial charge in [0.25, 0.3) is 0 Å². The summed E-state index contributed by atoms with van der Waals surface area (Å²) in [5, 5.41) is 0. The maximum absolute atomic E-state index is 4.04. The first-order valence-electron chi connectivity index (χ1n) is 5.11. The molecule has 0 bridgehead atoms. The Morgan fingerprint density at radius 3 is 2.69 bits per heavy atom. The maximum atomic E-state index is 4.04. The Bertz CT molecular complexity index is 206. The number of nitrogens with one attached hydrogen (secondary N) is 1. The molecular formula is C10H19N3. The monoisotopic (exact) mass is 181 g/mol. The van der Waals surface area contributed by atoms with Gasteiger partial charge in [0.2, 0.25) is 0 Å². The van der Waals surface area contributed by atoms with E-state index < -0.39 is 0 Å². The fourth-order valence-electron chi connectivity index (χ4n) is 1.39. The second-order valence-electron chi connectivity index (χ2n) is 3.28. The first-order chi connectivity index (χ1) is 6.38. The van der Waals surface area contributed by atoms with Crippen molar-refractivity contribution in [2.75, 3.05) is 18.0 Å². The predicted octanol–water partition coefficient (Wildman–Crippen LogP) is 2.43. The molecule has 0 spiro atoms. The van der Waals surface area contributed by atoms with Crippen molar-refractivity contribution >= 4 is 5.82 Å². The van der Waals surface area contributed by atoms with Gasteiger partial charge >= 0.3 is 0 Å². The topological polar surface area (TPSA) is 31.9 Å². The highest BCUT2D eigenvalue weighted by Gasteiger charge is 2.04. The summed E-state index contributed by atoms with van der Waals surface area (Å²) >= 11 is 0. The smallest absolute Gasteiger partial charge is 0.125 e. The summed E-state index contributed by atoms with van der Waals surface area (Å²) in [6, 6.07) is 0. The van der Waals surface area contributed by atoms with Gasteiger partial charge in [-0.15, -0.1) is 0 Å². The Balaban J connectivity index is 2.47. The third-order valence-electron chi connectivity index (χ3n) is 2.10. The van der Waals surface area contributed by atoms with Crippen LogP contribution in [0.5, 0.6) is 0 Å². The zero-order valence-electron chi connectivity index (χ0n) is 8.58. The van der Waals surface area contributed by atoms with Gasteiger partial charge in [0.15, 0.2) is 0 Å². The van der Waals surface area contributed by atoms with E-state index in [1.807, 2.05) is 6.20 Å². The first-order valence-corrected chi connectivity index (χ1v) is 5.11. The van der Waals surface area contributed by atoms with Crippen molar-refractivity contribution in [3.05, 3.63) is 12.5 Å². The van der Waals surface area contributed by atoms with Gasteiger partial charge in [0.05, 0.1) is 12.5 Å². The van der Waals surface area contributed by atoms with Gasteiger partial charge in [0.1, 0.15) is 5.82 Å². The third kappa shape index (κ3) is 3.09. The summed E-state index contributed by atoms with van der Waals surface area (Å²) < 4.78 is 0. The molecule has 0 saturated heterocycles. The van der Waals surface area contributed by atoms with Crippen LogP contribution in [-0.4, -0.2) is 23.1 Å². The highest BCUT2D eigenvalue weighted by Crippen LogP contribution is 2.09. The molecule has 0 radical (unpaired) electrons. The third-order valence-corrected chi connectivity index (χ3v) is 2.10. The van der Waals surface area contributed by atoms with E-state index in [4.69, 9.17) is 0 Å². The van der Waals surface area contributed by atoms with E-state index in [0.717, 1.165) is 18.9 Å². The van der Waals surface area contributed by atoms with Crippen molar-refractivity contribution in [2.24, 2.45) is 0 Å². The van der Waals surface area contributed by atoms with Crippen molar-refractivity contribution in [2.45, 2.75) is 33.1 Å². The summed E-state index contributed by atoms with van der Waals surface area (Å²) in [7, 11) is 0. The van der Waals surface area contributed by atoms with E-state index in [0.29, 0.717) is 0 Å². The Morgan fingerprint density at radius 1 is 1.31 bits per heavy atom. The molecule has 0 fully saturated rings. The maximum Gasteiger partial charge on any atom is 0.125 e. The zero-order chi connectivity index (χ0) is 9.52. The second-order valence-corrected chi connectivity index (χ2v) is 3.28. The molecule has 0 amide bonds. The van der Waals surface area contributed by atoms with E-state index in [1.54, 1.807) is 6.33 Å². The van der Waals surface area contributed by atoms with Gasteiger partial charge in [-0.25, -0.2) is 4.98 Å². The molecular weight excluding hydrogens is 162 g/mol. The average molecular weight is 181 g/mol. The number of rotatable bonds is 6. The minimum atomic E-state index is 1.11. The normalized spacial score (nSPS) is 10.3. The number of aromatic amines is 1. The molecule has 0 saturated carbocycles. The minimum absolute atomic E-state index is 1.11. The van der Waals surface area contributed by atoms with Crippen molar-refractivity contribution < 1.29 is 0 Å². The lowest BCUT2D eigenvalue weighted by molar-refractivity contribution is 0.698. The predicted molar refractivity (Wildman–Crippen MR) is 56.0 cm³/mol. The van der Waals surface area contributed by atoms with Crippen LogP contribution in [0.4, 0.5) is 5.82 Å². The summed E-state index contributed by atoms with van der Waals surface area (Å²) in [5.41, 5.74) is 0. The molecule has 0 aliphatic heterocycles. The van der Waals surface area contributed by atoms with Gasteiger partial charge in [-0.1, -0.05) is 20.3 Å². The number of hydrogen-bond donors (Lipinski definition) is 1. The molecule has 3 nitrogen and oxygen atoms in total. The molecule has 0 aliphatic rings. The standard InChI is InChI=1S/C10H19N3/c1-3-5-7-13(6-4-2)10-8-11-9-12-10/h8-9H,3-7H2,1-2H3,(H,11,12). The molecule has 3 heteroatoms. The van der Waals surface area contributed by atoms with Gasteiger partial charge in [-0.2, -0.15) is 0 Å². The molecule has 1 rings (SSSR count). The van der Waals surface area contributed by atoms with Gasteiger partial charge in [-0.3, -0.25) is 0 Å². The average Bonchev–Trinajstić information content (AvgIpc) is 2.65. The van der Waals surface area contributed by atoms with Gasteiger partial charge in [0, 0.05) is 13.1 Å². The number of hydrogen-bond acceptors (Lipinski definition) is 2. The second kappa shape index (κ2) is 5.62. The highest BCUT2D eigenvalue weighted by molar-refractivity contribution is 5.34. The van der Waals surface area contributed by atoms with Crippen molar-refractivity contribution in [1.29, 1.82) is 0 Å². The number of unbranched alkanes of at least 4 members (excludes halogenated alkanes) is 1. The minimum Gasteiger partial charge on any atom is -0.357 e. The zero-order valence-corrected chi connectivity index (χ0v) is 8.58. The van der Waals surface area contributed by atoms with Gasteiger partial charge < -0.3 is 9.88 Å². The highest BCUT2D eigenvalue weighted by atomic mass is 15.2. The molecule has 0 aliphatic carbocycles. The molecule has 13 heavy (non-hydrogen) atoms. The van der Waals surface area contributed by atoms with Crippen molar-refractivity contribution in [3.8, 4) is 0 Å². The van der Waals surface area contributed by atoms with E-state index in [-0.39, 0.29) is 0 Å². The summed E-state index contributed by atoms with van der Waals surface area (Å²) in [4.78, 5) is 9.54. The molecule has 1 heterocycles. The lowest BCUT2D eigenvalue weighted by atomic mass is 10.3. The Hall–Kier alpha value is -0.990. The van der Waals surface area contributed by atoms with Crippen molar-refractivity contribution in [3.63, 3.8) is 0 Å². The van der Waals surface area contributed by atoms with Crippen LogP contribution in [0.15, 0.2) is 12.5 Å². The number of anilines is 1. The summed E-state index contributed by atoms with van der Waals surface area (Å²) in [6.07, 6.45) is 7.31. The fraction of sp³-hybridized carbons (Fsp3) is 0.700. The van der Waals surface area contributed by atoms with Crippen LogP contribution >= 0.6 is 0 Å². The fourth-order valence-corrected chi connectivity index (χ4v) is 1.39. The Morgan fingerprint density at radius 2 is 2.15 bits per heavy atom. The van der Waals surface area contributed by atoms with Crippen LogP contribution in [0.3, 0.4) is 0 Å².